The number of nitrogens with zero attached hydrogens (tertiary/aromatic N) is 1. The zero-order valence-electron chi connectivity index (χ0n) is 31.5. The summed E-state index contributed by atoms with van der Waals surface area (Å²) in [6.07, 6.45) is 5.85. The van der Waals surface area contributed by atoms with Crippen molar-refractivity contribution in [3.05, 3.63) is 89.0 Å². The molecule has 0 aliphatic carbocycles. The van der Waals surface area contributed by atoms with Crippen LogP contribution in [0.15, 0.2) is 72.5 Å². The van der Waals surface area contributed by atoms with E-state index in [1.165, 1.54) is 37.4 Å². The number of aromatic nitrogens is 1. The number of benzene rings is 3. The maximum Gasteiger partial charge on any atom is 0.164 e. The third-order valence-electron chi connectivity index (χ3n) is 10.5. The number of aliphatic hydroxyl groups excluding tert-OH is 1. The van der Waals surface area contributed by atoms with E-state index in [1.54, 1.807) is 0 Å². The van der Waals surface area contributed by atoms with Crippen LogP contribution in [0.25, 0.3) is 43.0 Å². The van der Waals surface area contributed by atoms with Crippen molar-refractivity contribution in [3.8, 4) is 11.3 Å². The Morgan fingerprint density at radius 1 is 0.837 bits per heavy atom. The van der Waals surface area contributed by atoms with Gasteiger partial charge in [0.05, 0.1) is 5.52 Å². The minimum absolute atomic E-state index is 0. The molecule has 1 N–H and O–H groups in total. The molecule has 5 rings (SSSR count). The summed E-state index contributed by atoms with van der Waals surface area (Å²) in [5, 5.41) is 15.1. The van der Waals surface area contributed by atoms with Crippen LogP contribution < -0.4 is 0 Å². The summed E-state index contributed by atoms with van der Waals surface area (Å²) in [4.78, 5) is 18.8. The van der Waals surface area contributed by atoms with Gasteiger partial charge in [0.1, 0.15) is 5.76 Å². The van der Waals surface area contributed by atoms with Crippen molar-refractivity contribution in [2.24, 2.45) is 16.7 Å². The first-order valence-corrected chi connectivity index (χ1v) is 18.6. The van der Waals surface area contributed by atoms with Crippen LogP contribution in [0.3, 0.4) is 0 Å². The molecule has 5 heteroatoms. The van der Waals surface area contributed by atoms with Crippen LogP contribution in [0.1, 0.15) is 112 Å². The number of para-hydroxylation sites is 1. The summed E-state index contributed by atoms with van der Waals surface area (Å²) < 4.78 is 1.34. The molecule has 2 heterocycles. The predicted molar refractivity (Wildman–Crippen MR) is 209 cm³/mol. The molecule has 0 atom stereocenters. The van der Waals surface area contributed by atoms with Gasteiger partial charge >= 0.3 is 0 Å². The fourth-order valence-electron chi connectivity index (χ4n) is 6.13. The van der Waals surface area contributed by atoms with Crippen LogP contribution in [-0.4, -0.2) is 15.9 Å². The van der Waals surface area contributed by atoms with Gasteiger partial charge in [-0.1, -0.05) is 124 Å². The van der Waals surface area contributed by atoms with Crippen molar-refractivity contribution in [2.75, 3.05) is 0 Å². The molecule has 1 radical (unpaired) electrons. The Morgan fingerprint density at radius 3 is 1.98 bits per heavy atom. The monoisotopic (exact) mass is 855 g/mol. The van der Waals surface area contributed by atoms with Crippen molar-refractivity contribution >= 4 is 48.9 Å². The minimum Gasteiger partial charge on any atom is -0.512 e. The molecule has 0 saturated heterocycles. The molecule has 3 nitrogen and oxygen atoms in total. The number of thiophene rings is 1. The number of hydrogen-bond acceptors (Lipinski definition) is 4. The fraction of sp³-hybridized carbons (Fsp3) is 0.455. The predicted octanol–water partition coefficient (Wildman–Crippen LogP) is 13.2. The number of fused-ring (bicyclic) bond motifs is 4. The Hall–Kier alpha value is -2.85. The van der Waals surface area contributed by atoms with E-state index in [-0.39, 0.29) is 47.9 Å². The number of allylic oxidation sites excluding steroid dienone is 2. The molecule has 3 aromatic carbocycles. The van der Waals surface area contributed by atoms with Gasteiger partial charge in [0, 0.05) is 57.7 Å². The van der Waals surface area contributed by atoms with Gasteiger partial charge in [0.2, 0.25) is 0 Å². The topological polar surface area (TPSA) is 50.2 Å². The number of hydrogen-bond donors (Lipinski definition) is 1. The van der Waals surface area contributed by atoms with E-state index < -0.39 is 0 Å². The van der Waals surface area contributed by atoms with Gasteiger partial charge in [-0.05, 0) is 61.0 Å². The summed E-state index contributed by atoms with van der Waals surface area (Å²) in [5.41, 5.74) is 3.98. The minimum atomic E-state index is -0.337. The summed E-state index contributed by atoms with van der Waals surface area (Å²) in [6, 6.07) is 25.5. The SMILES string of the molecule is CC(C)Cc1cc2c(-c3[c-]c4ccccc4c(C(C)(C)C)c3)nc3ccccc3c2s1.CCC(C)(CC)C(=O)/C=C(\O)C(C)(CC)CC.[Ir]. The number of pyridine rings is 1. The normalized spacial score (nSPS) is 12.7. The van der Waals surface area contributed by atoms with Crippen LogP contribution in [-0.2, 0) is 36.7 Å². The molecule has 0 unspecified atom stereocenters. The maximum absolute atomic E-state index is 12.2. The molecule has 0 aliphatic heterocycles. The second-order valence-electron chi connectivity index (χ2n) is 15.4. The standard InChI is InChI=1S/C29H28NS.C15H28O2.Ir/c1-18(2)14-21-17-24-27(30-26-13-9-8-12-23(26)28(24)31-21)20-15-19-10-6-7-11-22(19)25(16-20)29(3,4)5;1-7-14(5,8-2)12(16)11-13(17)15(6,9-3)10-4;/h6-13,16-18H,14H2,1-5H3;11,16H,7-10H2,1-6H3;/q-1;;/b;12-11-;. The molecule has 265 valence electrons. The summed E-state index contributed by atoms with van der Waals surface area (Å²) in [7, 11) is 0. The first-order chi connectivity index (χ1) is 22.6. The summed E-state index contributed by atoms with van der Waals surface area (Å²) >= 11 is 1.92. The van der Waals surface area contributed by atoms with E-state index in [0.29, 0.717) is 5.92 Å². The van der Waals surface area contributed by atoms with Crippen LogP contribution >= 0.6 is 11.3 Å². The van der Waals surface area contributed by atoms with E-state index in [4.69, 9.17) is 4.98 Å². The molecule has 0 fully saturated rings. The molecular formula is C44H56IrNO2S-. The van der Waals surface area contributed by atoms with Crippen LogP contribution in [0.2, 0.25) is 0 Å². The molecule has 5 aromatic rings. The van der Waals surface area contributed by atoms with Gasteiger partial charge < -0.3 is 5.11 Å². The Morgan fingerprint density at radius 2 is 1.41 bits per heavy atom. The molecular weight excluding hydrogens is 799 g/mol. The second kappa shape index (κ2) is 16.4. The third kappa shape index (κ3) is 8.91. The number of ketones is 1. The van der Waals surface area contributed by atoms with Gasteiger partial charge in [0.15, 0.2) is 5.78 Å². The molecule has 49 heavy (non-hydrogen) atoms. The van der Waals surface area contributed by atoms with Crippen molar-refractivity contribution in [1.82, 2.24) is 4.98 Å². The van der Waals surface area contributed by atoms with E-state index in [0.717, 1.165) is 54.3 Å². The van der Waals surface area contributed by atoms with E-state index >= 15 is 0 Å². The summed E-state index contributed by atoms with van der Waals surface area (Å²) in [5.74, 6) is 0.921. The van der Waals surface area contributed by atoms with Crippen LogP contribution in [0.5, 0.6) is 0 Å². The largest absolute Gasteiger partial charge is 0.512 e. The molecule has 0 aliphatic rings. The second-order valence-corrected chi connectivity index (χ2v) is 16.5. The van der Waals surface area contributed by atoms with E-state index in [9.17, 15) is 9.90 Å². The molecule has 0 amide bonds. The Balaban J connectivity index is 0.000000312. The first kappa shape index (κ1) is 40.6. The van der Waals surface area contributed by atoms with E-state index in [1.807, 2.05) is 52.9 Å². The van der Waals surface area contributed by atoms with Crippen molar-refractivity contribution < 1.29 is 30.0 Å². The molecule has 2 aromatic heterocycles. The molecule has 0 bridgehead atoms. The van der Waals surface area contributed by atoms with Gasteiger partial charge in [0.25, 0.3) is 0 Å². The van der Waals surface area contributed by atoms with Gasteiger partial charge in [-0.2, -0.15) is 0 Å². The Labute approximate surface area is 313 Å². The van der Waals surface area contributed by atoms with Crippen LogP contribution in [0.4, 0.5) is 0 Å². The number of carbonyl (C=O) groups excluding carboxylic acids is 1. The number of aliphatic hydroxyl groups is 1. The molecule has 0 saturated carbocycles. The first-order valence-electron chi connectivity index (χ1n) is 17.8. The van der Waals surface area contributed by atoms with E-state index in [2.05, 4.69) is 101 Å². The Bertz CT molecular complexity index is 1920. The van der Waals surface area contributed by atoms with Crippen molar-refractivity contribution in [3.63, 3.8) is 0 Å². The fourth-order valence-corrected chi connectivity index (χ4v) is 7.54. The zero-order valence-corrected chi connectivity index (χ0v) is 34.7. The van der Waals surface area contributed by atoms with Crippen molar-refractivity contribution in [2.45, 2.75) is 114 Å². The summed E-state index contributed by atoms with van der Waals surface area (Å²) in [6.45, 7) is 23.5. The quantitative estimate of drug-likeness (QED) is 0.0865. The third-order valence-corrected chi connectivity index (χ3v) is 11.7. The smallest absolute Gasteiger partial charge is 0.164 e. The van der Waals surface area contributed by atoms with Crippen molar-refractivity contribution in [1.29, 1.82) is 0 Å². The average molecular weight is 855 g/mol. The molecule has 0 spiro atoms. The van der Waals surface area contributed by atoms with Crippen LogP contribution in [0, 0.1) is 22.8 Å². The number of rotatable bonds is 10. The zero-order chi connectivity index (χ0) is 35.4. The number of carbonyl (C=O) groups is 1. The Kier molecular flexibility index (Phi) is 13.6. The average Bonchev–Trinajstić information content (AvgIpc) is 3.49. The van der Waals surface area contributed by atoms with Gasteiger partial charge in [-0.25, -0.2) is 0 Å². The van der Waals surface area contributed by atoms with Gasteiger partial charge in [-0.15, -0.1) is 40.5 Å². The van der Waals surface area contributed by atoms with Gasteiger partial charge in [-0.3, -0.25) is 9.78 Å². The maximum atomic E-state index is 12.2.